The third-order valence-electron chi connectivity index (χ3n) is 4.98. The van der Waals surface area contributed by atoms with Crippen LogP contribution in [0.2, 0.25) is 5.02 Å². The molecule has 1 aromatic heterocycles. The highest BCUT2D eigenvalue weighted by molar-refractivity contribution is 6.30. The summed E-state index contributed by atoms with van der Waals surface area (Å²) in [7, 11) is 4.73. The van der Waals surface area contributed by atoms with Gasteiger partial charge in [-0.05, 0) is 24.3 Å². The summed E-state index contributed by atoms with van der Waals surface area (Å²) in [5, 5.41) is 8.02. The number of carbonyl (C=O) groups excluding carboxylic acids is 1. The molecular formula is C21H20ClN3O4. The van der Waals surface area contributed by atoms with Crippen LogP contribution in [0, 0.1) is 0 Å². The number of fused-ring (bicyclic) bond motifs is 1. The fraction of sp³-hybridized carbons (Fsp3) is 0.238. The summed E-state index contributed by atoms with van der Waals surface area (Å²) >= 11 is 6.13. The Morgan fingerprint density at radius 2 is 1.76 bits per heavy atom. The summed E-state index contributed by atoms with van der Waals surface area (Å²) in [5.41, 5.74) is 2.47. The predicted molar refractivity (Wildman–Crippen MR) is 110 cm³/mol. The summed E-state index contributed by atoms with van der Waals surface area (Å²) < 4.78 is 18.1. The van der Waals surface area contributed by atoms with Gasteiger partial charge in [-0.3, -0.25) is 4.79 Å². The number of rotatable bonds is 5. The van der Waals surface area contributed by atoms with Crippen molar-refractivity contribution in [3.8, 4) is 22.9 Å². The van der Waals surface area contributed by atoms with Crippen LogP contribution in [0.15, 0.2) is 42.6 Å². The predicted octanol–water partition coefficient (Wildman–Crippen LogP) is 4.03. The molecule has 0 aliphatic carbocycles. The molecule has 2 heterocycles. The molecule has 1 amide bonds. The van der Waals surface area contributed by atoms with Crippen molar-refractivity contribution in [2.24, 2.45) is 0 Å². The second-order valence-electron chi connectivity index (χ2n) is 6.59. The lowest BCUT2D eigenvalue weighted by Crippen LogP contribution is -2.25. The summed E-state index contributed by atoms with van der Waals surface area (Å²) in [6, 6.07) is 10.9. The van der Waals surface area contributed by atoms with Gasteiger partial charge in [0, 0.05) is 34.6 Å². The van der Waals surface area contributed by atoms with Crippen molar-refractivity contribution in [2.75, 3.05) is 26.6 Å². The molecule has 1 aliphatic heterocycles. The number of benzene rings is 2. The smallest absolute Gasteiger partial charge is 0.226 e. The minimum absolute atomic E-state index is 0.108. The molecule has 8 heteroatoms. The van der Waals surface area contributed by atoms with Crippen molar-refractivity contribution >= 4 is 23.3 Å². The molecule has 0 saturated carbocycles. The lowest BCUT2D eigenvalue weighted by atomic mass is 9.86. The topological polar surface area (TPSA) is 74.6 Å². The molecule has 7 nitrogen and oxygen atoms in total. The molecule has 1 aliphatic rings. The number of nitrogens with zero attached hydrogens (tertiary/aromatic N) is 2. The molecule has 0 fully saturated rings. The second kappa shape index (κ2) is 7.67. The number of nitrogens with one attached hydrogen (secondary N) is 1. The molecular weight excluding hydrogens is 394 g/mol. The van der Waals surface area contributed by atoms with Gasteiger partial charge >= 0.3 is 0 Å². The van der Waals surface area contributed by atoms with Crippen molar-refractivity contribution in [1.29, 1.82) is 0 Å². The minimum atomic E-state index is -0.249. The monoisotopic (exact) mass is 413 g/mol. The van der Waals surface area contributed by atoms with E-state index in [0.717, 1.165) is 16.8 Å². The Labute approximate surface area is 173 Å². The SMILES string of the molecule is COc1cc(OC)c(C2CC(=O)Nc3c2cnn3-c2cccc(Cl)c2)cc1OC. The highest BCUT2D eigenvalue weighted by Crippen LogP contribution is 2.45. The molecule has 0 spiro atoms. The highest BCUT2D eigenvalue weighted by Gasteiger charge is 2.33. The number of hydrogen-bond acceptors (Lipinski definition) is 5. The highest BCUT2D eigenvalue weighted by atomic mass is 35.5. The average molecular weight is 414 g/mol. The molecule has 150 valence electrons. The first kappa shape index (κ1) is 19.1. The first-order valence-electron chi connectivity index (χ1n) is 8.99. The lowest BCUT2D eigenvalue weighted by Gasteiger charge is -2.26. The van der Waals surface area contributed by atoms with E-state index in [9.17, 15) is 4.79 Å². The van der Waals surface area contributed by atoms with Gasteiger partial charge in [-0.1, -0.05) is 17.7 Å². The Bertz CT molecular complexity index is 1080. The Morgan fingerprint density at radius 1 is 1.03 bits per heavy atom. The van der Waals surface area contributed by atoms with E-state index in [1.807, 2.05) is 18.2 Å². The fourth-order valence-electron chi connectivity index (χ4n) is 3.63. The average Bonchev–Trinajstić information content (AvgIpc) is 3.15. The van der Waals surface area contributed by atoms with Crippen molar-refractivity contribution in [1.82, 2.24) is 9.78 Å². The standard InChI is InChI=1S/C21H20ClN3O4/c1-27-17-10-19(29-3)18(28-2)8-15(17)14-9-20(26)24-21-16(14)11-23-25(21)13-6-4-5-12(22)7-13/h4-8,10-11,14H,9H2,1-3H3,(H,24,26). The molecule has 3 aromatic rings. The van der Waals surface area contributed by atoms with Crippen LogP contribution in [-0.4, -0.2) is 37.0 Å². The zero-order valence-electron chi connectivity index (χ0n) is 16.2. The quantitative estimate of drug-likeness (QED) is 0.683. The van der Waals surface area contributed by atoms with E-state index in [1.54, 1.807) is 50.4 Å². The number of carbonyl (C=O) groups is 1. The van der Waals surface area contributed by atoms with E-state index in [2.05, 4.69) is 10.4 Å². The molecule has 1 N–H and O–H groups in total. The summed E-state index contributed by atoms with van der Waals surface area (Å²) in [6.07, 6.45) is 2.02. The maximum absolute atomic E-state index is 12.6. The third kappa shape index (κ3) is 3.38. The van der Waals surface area contributed by atoms with Crippen molar-refractivity contribution in [3.63, 3.8) is 0 Å². The molecule has 1 atom stereocenters. The van der Waals surface area contributed by atoms with E-state index < -0.39 is 0 Å². The van der Waals surface area contributed by atoms with Gasteiger partial charge in [-0.25, -0.2) is 4.68 Å². The van der Waals surface area contributed by atoms with Crippen molar-refractivity contribution in [2.45, 2.75) is 12.3 Å². The summed E-state index contributed by atoms with van der Waals surface area (Å²) in [6.45, 7) is 0. The van der Waals surface area contributed by atoms with Gasteiger partial charge in [-0.15, -0.1) is 0 Å². The number of ether oxygens (including phenoxy) is 3. The Balaban J connectivity index is 1.86. The van der Waals surface area contributed by atoms with Gasteiger partial charge in [0.15, 0.2) is 11.5 Å². The van der Waals surface area contributed by atoms with Crippen molar-refractivity contribution < 1.29 is 19.0 Å². The summed E-state index contributed by atoms with van der Waals surface area (Å²) in [4.78, 5) is 12.6. The fourth-order valence-corrected chi connectivity index (χ4v) is 3.81. The van der Waals surface area contributed by atoms with Crippen LogP contribution in [0.5, 0.6) is 17.2 Å². The number of hydrogen-bond donors (Lipinski definition) is 1. The first-order chi connectivity index (χ1) is 14.0. The van der Waals surface area contributed by atoms with Crippen LogP contribution in [0.1, 0.15) is 23.5 Å². The van der Waals surface area contributed by atoms with Crippen LogP contribution < -0.4 is 19.5 Å². The number of aromatic nitrogens is 2. The van der Waals surface area contributed by atoms with Crippen LogP contribution in [0.25, 0.3) is 5.69 Å². The molecule has 2 aromatic carbocycles. The number of halogens is 1. The van der Waals surface area contributed by atoms with Crippen LogP contribution >= 0.6 is 11.6 Å². The number of methoxy groups -OCH3 is 3. The molecule has 0 saturated heterocycles. The van der Waals surface area contributed by atoms with E-state index >= 15 is 0 Å². The van der Waals surface area contributed by atoms with Gasteiger partial charge < -0.3 is 19.5 Å². The largest absolute Gasteiger partial charge is 0.496 e. The zero-order chi connectivity index (χ0) is 20.5. The first-order valence-corrected chi connectivity index (χ1v) is 9.37. The summed E-state index contributed by atoms with van der Waals surface area (Å²) in [5.74, 6) is 2.00. The Morgan fingerprint density at radius 3 is 2.45 bits per heavy atom. The third-order valence-corrected chi connectivity index (χ3v) is 5.22. The minimum Gasteiger partial charge on any atom is -0.496 e. The van der Waals surface area contributed by atoms with Gasteiger partial charge in [0.1, 0.15) is 11.6 Å². The molecule has 4 rings (SSSR count). The molecule has 0 radical (unpaired) electrons. The van der Waals surface area contributed by atoms with Crippen LogP contribution in [0.3, 0.4) is 0 Å². The van der Waals surface area contributed by atoms with E-state index in [1.165, 1.54) is 0 Å². The van der Waals surface area contributed by atoms with Gasteiger partial charge in [0.2, 0.25) is 5.91 Å². The molecule has 29 heavy (non-hydrogen) atoms. The number of amides is 1. The van der Waals surface area contributed by atoms with Gasteiger partial charge in [0.25, 0.3) is 0 Å². The molecule has 1 unspecified atom stereocenters. The lowest BCUT2D eigenvalue weighted by molar-refractivity contribution is -0.116. The van der Waals surface area contributed by atoms with Crippen molar-refractivity contribution in [3.05, 3.63) is 58.7 Å². The number of anilines is 1. The van der Waals surface area contributed by atoms with Gasteiger partial charge in [-0.2, -0.15) is 5.10 Å². The van der Waals surface area contributed by atoms with E-state index in [0.29, 0.717) is 28.1 Å². The second-order valence-corrected chi connectivity index (χ2v) is 7.03. The van der Waals surface area contributed by atoms with Crippen LogP contribution in [0.4, 0.5) is 5.82 Å². The van der Waals surface area contributed by atoms with E-state index in [-0.39, 0.29) is 18.2 Å². The Kier molecular flexibility index (Phi) is 5.07. The van der Waals surface area contributed by atoms with Gasteiger partial charge in [0.05, 0.1) is 33.2 Å². The maximum atomic E-state index is 12.6. The van der Waals surface area contributed by atoms with Crippen LogP contribution in [-0.2, 0) is 4.79 Å². The molecule has 0 bridgehead atoms. The maximum Gasteiger partial charge on any atom is 0.226 e. The normalized spacial score (nSPS) is 15.4. The Hall–Kier alpha value is -3.19. The van der Waals surface area contributed by atoms with E-state index in [4.69, 9.17) is 25.8 Å². The zero-order valence-corrected chi connectivity index (χ0v) is 17.0.